The predicted molar refractivity (Wildman–Crippen MR) is 58.3 cm³/mol. The zero-order chi connectivity index (χ0) is 10.2. The van der Waals surface area contributed by atoms with Crippen molar-refractivity contribution >= 4 is 0 Å². The summed E-state index contributed by atoms with van der Waals surface area (Å²) >= 11 is 0. The number of aryl methyl sites for hydroxylation is 2. The minimum absolute atomic E-state index is 0.522. The molecule has 0 amide bonds. The summed E-state index contributed by atoms with van der Waals surface area (Å²) in [4.78, 5) is 0. The van der Waals surface area contributed by atoms with E-state index in [1.54, 1.807) is 0 Å². The van der Waals surface area contributed by atoms with Crippen molar-refractivity contribution in [1.82, 2.24) is 9.78 Å². The fourth-order valence-corrected chi connectivity index (χ4v) is 2.29. The lowest BCUT2D eigenvalue weighted by Gasteiger charge is -2.31. The maximum absolute atomic E-state index is 4.59. The lowest BCUT2D eigenvalue weighted by atomic mass is 9.73. The van der Waals surface area contributed by atoms with E-state index >= 15 is 0 Å². The van der Waals surface area contributed by atoms with E-state index in [2.05, 4.69) is 36.7 Å². The summed E-state index contributed by atoms with van der Waals surface area (Å²) in [7, 11) is 0. The van der Waals surface area contributed by atoms with Gasteiger partial charge in [0.25, 0.3) is 0 Å². The Bertz CT molecular complexity index is 327. The Morgan fingerprint density at radius 2 is 2.29 bits per heavy atom. The van der Waals surface area contributed by atoms with Crippen molar-refractivity contribution in [1.29, 1.82) is 0 Å². The third kappa shape index (κ3) is 1.58. The number of fused-ring (bicyclic) bond motifs is 1. The van der Waals surface area contributed by atoms with Gasteiger partial charge in [0.2, 0.25) is 0 Å². The molecule has 1 atom stereocenters. The van der Waals surface area contributed by atoms with Crippen molar-refractivity contribution < 1.29 is 0 Å². The topological polar surface area (TPSA) is 17.8 Å². The second-order valence-corrected chi connectivity index (χ2v) is 4.80. The first-order valence-electron chi connectivity index (χ1n) is 5.72. The first kappa shape index (κ1) is 9.75. The Morgan fingerprint density at radius 3 is 2.93 bits per heavy atom. The smallest absolute Gasteiger partial charge is 0.0656 e. The van der Waals surface area contributed by atoms with Gasteiger partial charge in [0.05, 0.1) is 5.69 Å². The molecule has 0 aliphatic heterocycles. The Balaban J connectivity index is 2.25. The van der Waals surface area contributed by atoms with Gasteiger partial charge in [-0.15, -0.1) is 0 Å². The maximum atomic E-state index is 4.59. The Labute approximate surface area is 86.3 Å². The predicted octanol–water partition coefficient (Wildman–Crippen LogP) is 2.81. The van der Waals surface area contributed by atoms with Gasteiger partial charge in [-0.3, -0.25) is 4.68 Å². The van der Waals surface area contributed by atoms with Gasteiger partial charge in [-0.25, -0.2) is 0 Å². The van der Waals surface area contributed by atoms with Gasteiger partial charge in [0.15, 0.2) is 0 Å². The van der Waals surface area contributed by atoms with Gasteiger partial charge in [0, 0.05) is 12.7 Å². The van der Waals surface area contributed by atoms with Crippen molar-refractivity contribution in [3.8, 4) is 0 Å². The molecule has 1 aliphatic rings. The molecule has 2 nitrogen and oxygen atoms in total. The van der Waals surface area contributed by atoms with Gasteiger partial charge in [-0.05, 0) is 37.2 Å². The molecule has 0 N–H and O–H groups in total. The van der Waals surface area contributed by atoms with Gasteiger partial charge in [0.1, 0.15) is 0 Å². The van der Waals surface area contributed by atoms with E-state index in [1.807, 2.05) is 0 Å². The fourth-order valence-electron chi connectivity index (χ4n) is 2.29. The largest absolute Gasteiger partial charge is 0.272 e. The first-order valence-corrected chi connectivity index (χ1v) is 5.72. The average Bonchev–Trinajstić information content (AvgIpc) is 2.59. The van der Waals surface area contributed by atoms with E-state index in [-0.39, 0.29) is 0 Å². The summed E-state index contributed by atoms with van der Waals surface area (Å²) in [5.41, 5.74) is 3.36. The number of rotatable bonds is 2. The van der Waals surface area contributed by atoms with Crippen molar-refractivity contribution in [3.63, 3.8) is 0 Å². The highest BCUT2D eigenvalue weighted by molar-refractivity contribution is 5.22. The molecule has 1 heterocycles. The Morgan fingerprint density at radius 1 is 1.50 bits per heavy atom. The standard InChI is InChI=1S/C12H20N2/c1-4-12(3)7-6-11-10(8-12)9-14(5-2)13-11/h9H,4-8H2,1-3H3. The molecule has 0 fully saturated rings. The van der Waals surface area contributed by atoms with E-state index in [4.69, 9.17) is 0 Å². The Kier molecular flexibility index (Phi) is 2.38. The summed E-state index contributed by atoms with van der Waals surface area (Å²) in [6.45, 7) is 7.85. The van der Waals surface area contributed by atoms with Gasteiger partial charge in [-0.1, -0.05) is 20.3 Å². The van der Waals surface area contributed by atoms with Gasteiger partial charge >= 0.3 is 0 Å². The molecule has 0 saturated heterocycles. The number of aromatic nitrogens is 2. The summed E-state index contributed by atoms with van der Waals surface area (Å²) in [6.07, 6.45) is 7.22. The molecule has 1 aliphatic carbocycles. The SMILES string of the molecule is CCn1cc2c(n1)CCC(C)(CC)C2. The normalized spacial score (nSPS) is 26.2. The fraction of sp³-hybridized carbons (Fsp3) is 0.750. The van der Waals surface area contributed by atoms with E-state index in [0.29, 0.717) is 5.41 Å². The molecule has 2 rings (SSSR count). The van der Waals surface area contributed by atoms with Crippen LogP contribution in [-0.2, 0) is 19.4 Å². The quantitative estimate of drug-likeness (QED) is 0.704. The third-order valence-electron chi connectivity index (χ3n) is 3.68. The number of hydrogen-bond acceptors (Lipinski definition) is 1. The van der Waals surface area contributed by atoms with Crippen molar-refractivity contribution in [2.45, 2.75) is 53.0 Å². The summed E-state index contributed by atoms with van der Waals surface area (Å²) in [6, 6.07) is 0. The van der Waals surface area contributed by atoms with Crippen LogP contribution in [0.5, 0.6) is 0 Å². The molecule has 0 radical (unpaired) electrons. The minimum Gasteiger partial charge on any atom is -0.272 e. The minimum atomic E-state index is 0.522. The molecule has 0 bridgehead atoms. The number of nitrogens with zero attached hydrogens (tertiary/aromatic N) is 2. The molecule has 0 aromatic carbocycles. The summed E-state index contributed by atoms with van der Waals surface area (Å²) in [5.74, 6) is 0. The molecule has 78 valence electrons. The second-order valence-electron chi connectivity index (χ2n) is 4.80. The van der Waals surface area contributed by atoms with Crippen LogP contribution < -0.4 is 0 Å². The van der Waals surface area contributed by atoms with Crippen LogP contribution in [0.15, 0.2) is 6.20 Å². The highest BCUT2D eigenvalue weighted by Crippen LogP contribution is 2.37. The zero-order valence-electron chi connectivity index (χ0n) is 9.51. The molecule has 1 aromatic heterocycles. The average molecular weight is 192 g/mol. The second kappa shape index (κ2) is 3.41. The van der Waals surface area contributed by atoms with Crippen molar-refractivity contribution in [3.05, 3.63) is 17.5 Å². The molecule has 0 spiro atoms. The molecular weight excluding hydrogens is 172 g/mol. The maximum Gasteiger partial charge on any atom is 0.0656 e. The molecule has 1 aromatic rings. The van der Waals surface area contributed by atoms with Gasteiger partial charge in [-0.2, -0.15) is 5.10 Å². The number of hydrogen-bond donors (Lipinski definition) is 0. The molecule has 0 saturated carbocycles. The first-order chi connectivity index (χ1) is 6.67. The molecule has 14 heavy (non-hydrogen) atoms. The Hall–Kier alpha value is -0.790. The highest BCUT2D eigenvalue weighted by atomic mass is 15.3. The van der Waals surface area contributed by atoms with Crippen LogP contribution in [0.25, 0.3) is 0 Å². The van der Waals surface area contributed by atoms with Crippen LogP contribution in [-0.4, -0.2) is 9.78 Å². The third-order valence-corrected chi connectivity index (χ3v) is 3.68. The van der Waals surface area contributed by atoms with Crippen LogP contribution in [0.2, 0.25) is 0 Å². The molecule has 2 heteroatoms. The van der Waals surface area contributed by atoms with Crippen LogP contribution >= 0.6 is 0 Å². The summed E-state index contributed by atoms with van der Waals surface area (Å²) in [5, 5.41) is 4.59. The molecule has 1 unspecified atom stereocenters. The van der Waals surface area contributed by atoms with E-state index in [9.17, 15) is 0 Å². The lowest BCUT2D eigenvalue weighted by molar-refractivity contribution is 0.266. The monoisotopic (exact) mass is 192 g/mol. The molecular formula is C12H20N2. The van der Waals surface area contributed by atoms with Crippen LogP contribution in [0.3, 0.4) is 0 Å². The van der Waals surface area contributed by atoms with Crippen molar-refractivity contribution in [2.75, 3.05) is 0 Å². The zero-order valence-corrected chi connectivity index (χ0v) is 9.51. The highest BCUT2D eigenvalue weighted by Gasteiger charge is 2.29. The van der Waals surface area contributed by atoms with Crippen LogP contribution in [0.1, 0.15) is 44.9 Å². The summed E-state index contributed by atoms with van der Waals surface area (Å²) < 4.78 is 2.08. The van der Waals surface area contributed by atoms with Crippen LogP contribution in [0.4, 0.5) is 0 Å². The lowest BCUT2D eigenvalue weighted by Crippen LogP contribution is -2.24. The van der Waals surface area contributed by atoms with Gasteiger partial charge < -0.3 is 0 Å². The van der Waals surface area contributed by atoms with E-state index in [1.165, 1.54) is 36.9 Å². The van der Waals surface area contributed by atoms with Crippen LogP contribution in [0, 0.1) is 5.41 Å². The van der Waals surface area contributed by atoms with E-state index in [0.717, 1.165) is 6.54 Å². The van der Waals surface area contributed by atoms with E-state index < -0.39 is 0 Å². The van der Waals surface area contributed by atoms with Crippen molar-refractivity contribution in [2.24, 2.45) is 5.41 Å².